The number of methoxy groups -OCH3 is 1. The largest absolute Gasteiger partial charge is 0.496 e. The Bertz CT molecular complexity index is 1370. The lowest BCUT2D eigenvalue weighted by atomic mass is 9.94. The van der Waals surface area contributed by atoms with Crippen molar-refractivity contribution < 1.29 is 13.9 Å². The maximum atomic E-state index is 12.9. The predicted octanol–water partition coefficient (Wildman–Crippen LogP) is 6.99. The number of furan rings is 1. The third-order valence-electron chi connectivity index (χ3n) is 6.76. The molecule has 3 aromatic carbocycles. The summed E-state index contributed by atoms with van der Waals surface area (Å²) in [6.07, 6.45) is 6.95. The van der Waals surface area contributed by atoms with Crippen LogP contribution in [-0.2, 0) is 4.79 Å². The first-order valence-corrected chi connectivity index (χ1v) is 11.6. The molecule has 0 bridgehead atoms. The van der Waals surface area contributed by atoms with Crippen molar-refractivity contribution in [1.82, 2.24) is 4.90 Å². The normalized spacial score (nSPS) is 14.8. The fraction of sp³-hybridized carbons (Fsp3) is 0.276. The highest BCUT2D eigenvalue weighted by Gasteiger charge is 2.21. The van der Waals surface area contributed by atoms with Crippen molar-refractivity contribution in [1.29, 1.82) is 0 Å². The Morgan fingerprint density at radius 3 is 2.55 bits per heavy atom. The molecule has 0 aliphatic carbocycles. The second-order valence-corrected chi connectivity index (χ2v) is 8.85. The molecule has 4 heteroatoms. The lowest BCUT2D eigenvalue weighted by molar-refractivity contribution is -0.126. The average molecular weight is 440 g/mol. The van der Waals surface area contributed by atoms with Gasteiger partial charge >= 0.3 is 0 Å². The number of hydrogen-bond acceptors (Lipinski definition) is 3. The average Bonchev–Trinajstić information content (AvgIpc) is 3.28. The SMILES string of the molecule is COc1c(/C(C)=C/C(=O)N2CCCCC2)cc2c(-c3cccc4ccccc34)coc2c1C. The van der Waals surface area contributed by atoms with Crippen LogP contribution in [0.3, 0.4) is 0 Å². The molecule has 0 saturated carbocycles. The molecule has 4 aromatic rings. The van der Waals surface area contributed by atoms with E-state index in [0.717, 1.165) is 70.5 Å². The van der Waals surface area contributed by atoms with Crippen molar-refractivity contribution in [3.8, 4) is 16.9 Å². The highest BCUT2D eigenvalue weighted by molar-refractivity contribution is 6.07. The van der Waals surface area contributed by atoms with Crippen molar-refractivity contribution in [2.75, 3.05) is 20.2 Å². The van der Waals surface area contributed by atoms with Crippen molar-refractivity contribution in [2.45, 2.75) is 33.1 Å². The number of hydrogen-bond donors (Lipinski definition) is 0. The molecule has 1 aromatic heterocycles. The lowest BCUT2D eigenvalue weighted by Gasteiger charge is -2.25. The highest BCUT2D eigenvalue weighted by Crippen LogP contribution is 2.42. The quantitative estimate of drug-likeness (QED) is 0.322. The smallest absolute Gasteiger partial charge is 0.246 e. The fourth-order valence-corrected chi connectivity index (χ4v) is 5.01. The summed E-state index contributed by atoms with van der Waals surface area (Å²) in [5, 5.41) is 3.40. The van der Waals surface area contributed by atoms with E-state index in [9.17, 15) is 4.79 Å². The monoisotopic (exact) mass is 439 g/mol. The Morgan fingerprint density at radius 1 is 1.00 bits per heavy atom. The van der Waals surface area contributed by atoms with Crippen LogP contribution in [0.5, 0.6) is 5.75 Å². The van der Waals surface area contributed by atoms with Gasteiger partial charge in [-0.05, 0) is 61.1 Å². The van der Waals surface area contributed by atoms with E-state index in [1.807, 2.05) is 25.0 Å². The van der Waals surface area contributed by atoms with E-state index < -0.39 is 0 Å². The maximum Gasteiger partial charge on any atom is 0.246 e. The van der Waals surface area contributed by atoms with Crippen LogP contribution in [0, 0.1) is 6.92 Å². The first kappa shape index (κ1) is 21.3. The number of fused-ring (bicyclic) bond motifs is 2. The number of allylic oxidation sites excluding steroid dienone is 1. The van der Waals surface area contributed by atoms with Crippen molar-refractivity contribution in [3.05, 3.63) is 72.0 Å². The molecule has 33 heavy (non-hydrogen) atoms. The molecule has 0 spiro atoms. The second-order valence-electron chi connectivity index (χ2n) is 8.85. The molecular weight excluding hydrogens is 410 g/mol. The van der Waals surface area contributed by atoms with Crippen molar-refractivity contribution >= 4 is 33.2 Å². The zero-order valence-corrected chi connectivity index (χ0v) is 19.5. The summed E-state index contributed by atoms with van der Waals surface area (Å²) in [6.45, 7) is 5.68. The minimum absolute atomic E-state index is 0.0773. The number of rotatable bonds is 4. The van der Waals surface area contributed by atoms with E-state index in [1.165, 1.54) is 17.2 Å². The molecule has 1 aliphatic rings. The third-order valence-corrected chi connectivity index (χ3v) is 6.76. The number of likely N-dealkylation sites (tertiary alicyclic amines) is 1. The second kappa shape index (κ2) is 8.78. The Hall–Kier alpha value is -3.53. The summed E-state index contributed by atoms with van der Waals surface area (Å²) in [5.74, 6) is 0.829. The predicted molar refractivity (Wildman–Crippen MR) is 135 cm³/mol. The molecule has 0 atom stereocenters. The van der Waals surface area contributed by atoms with E-state index in [-0.39, 0.29) is 5.91 Å². The zero-order chi connectivity index (χ0) is 22.9. The summed E-state index contributed by atoms with van der Waals surface area (Å²) >= 11 is 0. The van der Waals surface area contributed by atoms with Crippen LogP contribution >= 0.6 is 0 Å². The summed E-state index contributed by atoms with van der Waals surface area (Å²) < 4.78 is 11.9. The summed E-state index contributed by atoms with van der Waals surface area (Å²) in [5.41, 5.74) is 5.76. The molecule has 0 N–H and O–H groups in total. The van der Waals surface area contributed by atoms with Crippen molar-refractivity contribution in [3.63, 3.8) is 0 Å². The van der Waals surface area contributed by atoms with Crippen LogP contribution in [0.4, 0.5) is 0 Å². The Kier molecular flexibility index (Phi) is 5.67. The molecular formula is C29H29NO3. The molecule has 1 fully saturated rings. The van der Waals surface area contributed by atoms with E-state index in [2.05, 4.69) is 48.5 Å². The standard InChI is InChI=1S/C29H29NO3/c1-19(16-27(31)30-14-7-4-8-15-30)24-17-25-26(18-33-29(25)20(2)28(24)32-3)23-13-9-11-21-10-5-6-12-22(21)23/h5-6,9-13,16-18H,4,7-8,14-15H2,1-3H3/b19-16+. The number of ether oxygens (including phenoxy) is 1. The molecule has 5 rings (SSSR count). The number of nitrogens with zero attached hydrogens (tertiary/aromatic N) is 1. The van der Waals surface area contributed by atoms with Crippen LogP contribution in [0.15, 0.2) is 65.3 Å². The Balaban J connectivity index is 1.65. The van der Waals surface area contributed by atoms with Crippen LogP contribution in [0.1, 0.15) is 37.3 Å². The van der Waals surface area contributed by atoms with Gasteiger partial charge in [-0.15, -0.1) is 0 Å². The van der Waals surface area contributed by atoms with Gasteiger partial charge in [0.2, 0.25) is 5.91 Å². The number of piperidine rings is 1. The molecule has 2 heterocycles. The fourth-order valence-electron chi connectivity index (χ4n) is 5.01. The maximum absolute atomic E-state index is 12.9. The van der Waals surface area contributed by atoms with Crippen molar-refractivity contribution in [2.24, 2.45) is 0 Å². The van der Waals surface area contributed by atoms with Gasteiger partial charge in [-0.1, -0.05) is 42.5 Å². The highest BCUT2D eigenvalue weighted by atomic mass is 16.5. The van der Waals surface area contributed by atoms with E-state index in [1.54, 1.807) is 13.2 Å². The first-order valence-electron chi connectivity index (χ1n) is 11.6. The lowest BCUT2D eigenvalue weighted by Crippen LogP contribution is -2.34. The van der Waals surface area contributed by atoms with Gasteiger partial charge in [0, 0.05) is 41.2 Å². The van der Waals surface area contributed by atoms with Crippen LogP contribution < -0.4 is 4.74 Å². The summed E-state index contributed by atoms with van der Waals surface area (Å²) in [6, 6.07) is 16.8. The molecule has 168 valence electrons. The summed E-state index contributed by atoms with van der Waals surface area (Å²) in [4.78, 5) is 14.9. The number of carbonyl (C=O) groups excluding carboxylic acids is 1. The van der Waals surface area contributed by atoms with Gasteiger partial charge in [0.1, 0.15) is 11.3 Å². The minimum Gasteiger partial charge on any atom is -0.496 e. The number of aryl methyl sites for hydroxylation is 1. The van der Waals surface area contributed by atoms with Gasteiger partial charge in [-0.25, -0.2) is 0 Å². The van der Waals surface area contributed by atoms with Crippen LogP contribution in [-0.4, -0.2) is 31.0 Å². The van der Waals surface area contributed by atoms with E-state index in [4.69, 9.17) is 9.15 Å². The van der Waals surface area contributed by atoms with Gasteiger partial charge in [-0.3, -0.25) is 4.79 Å². The van der Waals surface area contributed by atoms with Crippen LogP contribution in [0.25, 0.3) is 38.4 Å². The molecule has 0 radical (unpaired) electrons. The molecule has 1 aliphatic heterocycles. The Morgan fingerprint density at radius 2 is 1.76 bits per heavy atom. The van der Waals surface area contributed by atoms with E-state index >= 15 is 0 Å². The topological polar surface area (TPSA) is 42.7 Å². The molecule has 1 saturated heterocycles. The number of amides is 1. The Labute approximate surface area is 194 Å². The minimum atomic E-state index is 0.0773. The number of carbonyl (C=O) groups is 1. The third kappa shape index (κ3) is 3.80. The molecule has 4 nitrogen and oxygen atoms in total. The van der Waals surface area contributed by atoms with Gasteiger partial charge in [0.15, 0.2) is 0 Å². The first-order chi connectivity index (χ1) is 16.1. The summed E-state index contributed by atoms with van der Waals surface area (Å²) in [7, 11) is 1.67. The van der Waals surface area contributed by atoms with Gasteiger partial charge in [-0.2, -0.15) is 0 Å². The van der Waals surface area contributed by atoms with E-state index in [0.29, 0.717) is 0 Å². The van der Waals surface area contributed by atoms with Crippen LogP contribution in [0.2, 0.25) is 0 Å². The molecule has 0 unspecified atom stereocenters. The molecule has 1 amide bonds. The van der Waals surface area contributed by atoms with Gasteiger partial charge in [0.05, 0.1) is 13.4 Å². The van der Waals surface area contributed by atoms with Gasteiger partial charge in [0.25, 0.3) is 0 Å². The zero-order valence-electron chi connectivity index (χ0n) is 19.5. The van der Waals surface area contributed by atoms with Gasteiger partial charge < -0.3 is 14.1 Å². The number of benzene rings is 3.